The first kappa shape index (κ1) is 15.4. The van der Waals surface area contributed by atoms with Crippen LogP contribution in [0.15, 0.2) is 48.8 Å². The number of aryl methyl sites for hydroxylation is 2. The van der Waals surface area contributed by atoms with E-state index in [0.29, 0.717) is 11.6 Å². The Morgan fingerprint density at radius 2 is 1.74 bits per heavy atom. The van der Waals surface area contributed by atoms with Crippen LogP contribution in [0.2, 0.25) is 0 Å². The number of H-pyrrole nitrogens is 2. The molecule has 8 nitrogen and oxygen atoms in total. The smallest absolute Gasteiger partial charge is 0.181 e. The largest absolute Gasteiger partial charge is 0.345 e. The third-order valence-corrected chi connectivity index (χ3v) is 4.37. The third kappa shape index (κ3) is 2.58. The van der Waals surface area contributed by atoms with Crippen molar-refractivity contribution in [2.75, 3.05) is 0 Å². The highest BCUT2D eigenvalue weighted by atomic mass is 15.4. The summed E-state index contributed by atoms with van der Waals surface area (Å²) in [6, 6.07) is 13.9. The van der Waals surface area contributed by atoms with E-state index >= 15 is 0 Å². The van der Waals surface area contributed by atoms with Crippen molar-refractivity contribution in [3.8, 4) is 28.5 Å². The molecule has 5 rings (SSSR count). The van der Waals surface area contributed by atoms with E-state index in [0.717, 1.165) is 39.5 Å². The van der Waals surface area contributed by atoms with Crippen LogP contribution in [0.4, 0.5) is 0 Å². The monoisotopic (exact) mass is 356 g/mol. The SMILES string of the molecule is Cc1nc(-c2ccc(-c3n[nH]c(C)n3)cc2)n(-c2cccc3[nH]cnc23)n1. The topological polar surface area (TPSA) is 101 Å². The Kier molecular flexibility index (Phi) is 3.36. The Bertz CT molecular complexity index is 1240. The van der Waals surface area contributed by atoms with Gasteiger partial charge in [0, 0.05) is 11.1 Å². The second-order valence-corrected chi connectivity index (χ2v) is 6.29. The minimum Gasteiger partial charge on any atom is -0.345 e. The molecular formula is C19H16N8. The summed E-state index contributed by atoms with van der Waals surface area (Å²) >= 11 is 0. The van der Waals surface area contributed by atoms with E-state index in [2.05, 4.69) is 35.2 Å². The van der Waals surface area contributed by atoms with Gasteiger partial charge in [0.05, 0.1) is 17.5 Å². The molecule has 3 aromatic heterocycles. The van der Waals surface area contributed by atoms with Crippen molar-refractivity contribution < 1.29 is 0 Å². The summed E-state index contributed by atoms with van der Waals surface area (Å²) in [7, 11) is 0. The van der Waals surface area contributed by atoms with Gasteiger partial charge in [0.1, 0.15) is 17.2 Å². The fourth-order valence-electron chi connectivity index (χ4n) is 3.13. The minimum absolute atomic E-state index is 0.679. The van der Waals surface area contributed by atoms with Gasteiger partial charge in [0.15, 0.2) is 11.6 Å². The summed E-state index contributed by atoms with van der Waals surface area (Å²) in [6.45, 7) is 3.77. The van der Waals surface area contributed by atoms with E-state index in [-0.39, 0.29) is 0 Å². The number of rotatable bonds is 3. The lowest BCUT2D eigenvalue weighted by Gasteiger charge is -2.07. The molecule has 0 bridgehead atoms. The summed E-state index contributed by atoms with van der Waals surface area (Å²) in [5.74, 6) is 2.93. The predicted molar refractivity (Wildman–Crippen MR) is 101 cm³/mol. The molecule has 132 valence electrons. The average molecular weight is 356 g/mol. The first-order chi connectivity index (χ1) is 13.2. The molecule has 2 aromatic carbocycles. The minimum atomic E-state index is 0.679. The summed E-state index contributed by atoms with van der Waals surface area (Å²) in [4.78, 5) is 16.6. The molecule has 0 amide bonds. The number of nitrogens with zero attached hydrogens (tertiary/aromatic N) is 6. The molecule has 0 aliphatic rings. The maximum atomic E-state index is 4.63. The van der Waals surface area contributed by atoms with E-state index in [1.165, 1.54) is 0 Å². The van der Waals surface area contributed by atoms with Crippen LogP contribution in [-0.4, -0.2) is 39.9 Å². The van der Waals surface area contributed by atoms with E-state index in [4.69, 9.17) is 0 Å². The van der Waals surface area contributed by atoms with Crippen LogP contribution >= 0.6 is 0 Å². The normalized spacial score (nSPS) is 11.3. The molecule has 27 heavy (non-hydrogen) atoms. The van der Waals surface area contributed by atoms with Crippen molar-refractivity contribution in [2.24, 2.45) is 0 Å². The first-order valence-electron chi connectivity index (χ1n) is 8.55. The van der Waals surface area contributed by atoms with Crippen LogP contribution in [0.3, 0.4) is 0 Å². The van der Waals surface area contributed by atoms with E-state index < -0.39 is 0 Å². The van der Waals surface area contributed by atoms with Gasteiger partial charge in [-0.3, -0.25) is 5.10 Å². The number of imidazole rings is 1. The fraction of sp³-hybridized carbons (Fsp3) is 0.105. The molecule has 0 fully saturated rings. The van der Waals surface area contributed by atoms with E-state index in [9.17, 15) is 0 Å². The van der Waals surface area contributed by atoms with Gasteiger partial charge in [0.25, 0.3) is 0 Å². The lowest BCUT2D eigenvalue weighted by atomic mass is 10.1. The van der Waals surface area contributed by atoms with Crippen LogP contribution in [-0.2, 0) is 0 Å². The third-order valence-electron chi connectivity index (χ3n) is 4.37. The molecule has 0 aliphatic heterocycles. The summed E-state index contributed by atoms with van der Waals surface area (Å²) < 4.78 is 1.84. The van der Waals surface area contributed by atoms with Crippen LogP contribution < -0.4 is 0 Å². The van der Waals surface area contributed by atoms with Gasteiger partial charge in [-0.05, 0) is 26.0 Å². The number of aromatic amines is 2. The van der Waals surface area contributed by atoms with Gasteiger partial charge in [-0.15, -0.1) is 0 Å². The molecule has 0 aliphatic carbocycles. The van der Waals surface area contributed by atoms with Crippen molar-refractivity contribution in [2.45, 2.75) is 13.8 Å². The van der Waals surface area contributed by atoms with Crippen molar-refractivity contribution in [1.82, 2.24) is 39.9 Å². The van der Waals surface area contributed by atoms with Crippen LogP contribution in [0, 0.1) is 13.8 Å². The second-order valence-electron chi connectivity index (χ2n) is 6.29. The Morgan fingerprint density at radius 3 is 2.52 bits per heavy atom. The van der Waals surface area contributed by atoms with Crippen molar-refractivity contribution >= 4 is 11.0 Å². The molecule has 0 saturated carbocycles. The number of hydrogen-bond acceptors (Lipinski definition) is 5. The summed E-state index contributed by atoms with van der Waals surface area (Å²) in [6.07, 6.45) is 1.69. The maximum Gasteiger partial charge on any atom is 0.181 e. The molecule has 0 radical (unpaired) electrons. The number of nitrogens with one attached hydrogen (secondary N) is 2. The number of para-hydroxylation sites is 1. The highest BCUT2D eigenvalue weighted by Gasteiger charge is 2.15. The van der Waals surface area contributed by atoms with Crippen molar-refractivity contribution in [3.05, 3.63) is 60.4 Å². The predicted octanol–water partition coefficient (Wildman–Crippen LogP) is 3.21. The second kappa shape index (κ2) is 5.87. The Balaban J connectivity index is 1.61. The molecule has 0 saturated heterocycles. The quantitative estimate of drug-likeness (QED) is 0.517. The van der Waals surface area contributed by atoms with Crippen molar-refractivity contribution in [3.63, 3.8) is 0 Å². The fourth-order valence-corrected chi connectivity index (χ4v) is 3.13. The molecular weight excluding hydrogens is 340 g/mol. The van der Waals surface area contributed by atoms with Gasteiger partial charge in [-0.25, -0.2) is 19.6 Å². The van der Waals surface area contributed by atoms with Crippen LogP contribution in [0.25, 0.3) is 39.5 Å². The standard InChI is InChI=1S/C19H16N8/c1-11-22-18(25-24-11)13-6-8-14(9-7-13)19-23-12(2)26-27(19)16-5-3-4-15-17(16)21-10-20-15/h3-10H,1-2H3,(H,20,21)(H,22,24,25). The highest BCUT2D eigenvalue weighted by molar-refractivity contribution is 5.84. The van der Waals surface area contributed by atoms with Gasteiger partial charge < -0.3 is 4.98 Å². The maximum absolute atomic E-state index is 4.63. The summed E-state index contributed by atoms with van der Waals surface area (Å²) in [5, 5.41) is 11.7. The van der Waals surface area contributed by atoms with Gasteiger partial charge in [0.2, 0.25) is 0 Å². The van der Waals surface area contributed by atoms with E-state index in [1.807, 2.05) is 61.0 Å². The average Bonchev–Trinajstić information content (AvgIpc) is 3.41. The van der Waals surface area contributed by atoms with Crippen LogP contribution in [0.1, 0.15) is 11.6 Å². The Morgan fingerprint density at radius 1 is 0.926 bits per heavy atom. The molecule has 8 heteroatoms. The van der Waals surface area contributed by atoms with Gasteiger partial charge >= 0.3 is 0 Å². The molecule has 0 spiro atoms. The molecule has 0 unspecified atom stereocenters. The lowest BCUT2D eigenvalue weighted by molar-refractivity contribution is 0.874. The molecule has 2 N–H and O–H groups in total. The molecule has 0 atom stereocenters. The number of fused-ring (bicyclic) bond motifs is 1. The van der Waals surface area contributed by atoms with Gasteiger partial charge in [-0.2, -0.15) is 10.2 Å². The number of aromatic nitrogens is 8. The van der Waals surface area contributed by atoms with E-state index in [1.54, 1.807) is 6.33 Å². The Hall–Kier alpha value is -3.81. The molecule has 3 heterocycles. The Labute approximate surface area is 154 Å². The van der Waals surface area contributed by atoms with Crippen LogP contribution in [0.5, 0.6) is 0 Å². The zero-order valence-corrected chi connectivity index (χ0v) is 14.8. The highest BCUT2D eigenvalue weighted by Crippen LogP contribution is 2.26. The van der Waals surface area contributed by atoms with Crippen molar-refractivity contribution in [1.29, 1.82) is 0 Å². The lowest BCUT2D eigenvalue weighted by Crippen LogP contribution is -2.01. The summed E-state index contributed by atoms with van der Waals surface area (Å²) in [5.41, 5.74) is 4.61. The number of benzene rings is 2. The zero-order valence-electron chi connectivity index (χ0n) is 14.8. The number of hydrogen-bond donors (Lipinski definition) is 2. The first-order valence-corrected chi connectivity index (χ1v) is 8.55. The van der Waals surface area contributed by atoms with Gasteiger partial charge in [-0.1, -0.05) is 30.3 Å². The zero-order chi connectivity index (χ0) is 18.4. The molecule has 5 aromatic rings.